The first-order chi connectivity index (χ1) is 15.9. The van der Waals surface area contributed by atoms with Crippen molar-refractivity contribution in [2.45, 2.75) is 24.3 Å². The van der Waals surface area contributed by atoms with E-state index in [1.54, 1.807) is 19.2 Å². The number of carbonyl (C=O) groups excluding carboxylic acids is 1. The van der Waals surface area contributed by atoms with Crippen LogP contribution in [0.1, 0.15) is 18.4 Å². The molecule has 0 spiro atoms. The number of hydrogen-bond acceptors (Lipinski definition) is 5. The number of rotatable bonds is 6. The van der Waals surface area contributed by atoms with Crippen LogP contribution in [0.2, 0.25) is 5.02 Å². The molecule has 33 heavy (non-hydrogen) atoms. The molecule has 0 bridgehead atoms. The summed E-state index contributed by atoms with van der Waals surface area (Å²) < 4.78 is 32.5. The molecule has 0 unspecified atom stereocenters. The van der Waals surface area contributed by atoms with Crippen molar-refractivity contribution in [3.63, 3.8) is 0 Å². The lowest BCUT2D eigenvalue weighted by molar-refractivity contribution is -0.138. The van der Waals surface area contributed by atoms with Crippen molar-refractivity contribution in [2.24, 2.45) is 5.92 Å². The number of piperazine rings is 1. The zero-order chi connectivity index (χ0) is 23.4. The number of nitrogens with zero attached hydrogens (tertiary/aromatic N) is 3. The molecule has 0 N–H and O–H groups in total. The molecule has 2 aromatic carbocycles. The van der Waals surface area contributed by atoms with E-state index < -0.39 is 10.0 Å². The van der Waals surface area contributed by atoms with Gasteiger partial charge in [-0.25, -0.2) is 8.42 Å². The number of benzene rings is 2. The molecule has 0 saturated carbocycles. The minimum absolute atomic E-state index is 0.119. The van der Waals surface area contributed by atoms with Crippen molar-refractivity contribution in [2.75, 3.05) is 46.4 Å². The zero-order valence-electron chi connectivity index (χ0n) is 18.8. The van der Waals surface area contributed by atoms with Crippen LogP contribution in [0, 0.1) is 5.92 Å². The maximum Gasteiger partial charge on any atom is 0.243 e. The quantitative estimate of drug-likeness (QED) is 0.621. The number of carbonyl (C=O) groups is 1. The molecule has 2 heterocycles. The van der Waals surface area contributed by atoms with Gasteiger partial charge in [0.05, 0.1) is 12.0 Å². The maximum absolute atomic E-state index is 13.1. The average Bonchev–Trinajstić information content (AvgIpc) is 2.84. The number of sulfonamides is 1. The van der Waals surface area contributed by atoms with Gasteiger partial charge in [0.25, 0.3) is 0 Å². The summed E-state index contributed by atoms with van der Waals surface area (Å²) in [5, 5.41) is 0.502. The van der Waals surface area contributed by atoms with Gasteiger partial charge in [-0.1, -0.05) is 23.7 Å². The molecule has 0 aromatic heterocycles. The summed E-state index contributed by atoms with van der Waals surface area (Å²) in [4.78, 5) is 17.6. The first-order valence-electron chi connectivity index (χ1n) is 11.3. The van der Waals surface area contributed by atoms with E-state index in [4.69, 9.17) is 16.3 Å². The molecule has 0 radical (unpaired) electrons. The molecule has 0 atom stereocenters. The van der Waals surface area contributed by atoms with Gasteiger partial charge in [0.15, 0.2) is 0 Å². The summed E-state index contributed by atoms with van der Waals surface area (Å²) in [6.45, 7) is 4.60. The minimum atomic E-state index is -3.56. The van der Waals surface area contributed by atoms with Crippen molar-refractivity contribution >= 4 is 27.5 Å². The van der Waals surface area contributed by atoms with Crippen LogP contribution in [0.15, 0.2) is 53.4 Å². The molecule has 1 amide bonds. The Hall–Kier alpha value is -2.13. The van der Waals surface area contributed by atoms with Crippen LogP contribution in [-0.2, 0) is 21.4 Å². The fraction of sp³-hybridized carbons (Fsp3) is 0.458. The molecule has 2 saturated heterocycles. The Labute approximate surface area is 200 Å². The Bertz CT molecular complexity index is 1060. The molecule has 2 aromatic rings. The molecule has 7 nitrogen and oxygen atoms in total. The largest absolute Gasteiger partial charge is 0.497 e. The Morgan fingerprint density at radius 1 is 1.00 bits per heavy atom. The lowest BCUT2D eigenvalue weighted by Crippen LogP contribution is -2.51. The molecular weight excluding hydrogens is 462 g/mol. The van der Waals surface area contributed by atoms with E-state index in [1.165, 1.54) is 22.0 Å². The number of halogens is 1. The molecule has 9 heteroatoms. The van der Waals surface area contributed by atoms with Crippen LogP contribution < -0.4 is 4.74 Å². The van der Waals surface area contributed by atoms with Gasteiger partial charge < -0.3 is 9.64 Å². The Balaban J connectivity index is 1.27. The van der Waals surface area contributed by atoms with Gasteiger partial charge in [-0.05, 0) is 54.8 Å². The number of methoxy groups -OCH3 is 1. The molecular formula is C24H30ClN3O4S. The van der Waals surface area contributed by atoms with E-state index in [2.05, 4.69) is 11.0 Å². The summed E-state index contributed by atoms with van der Waals surface area (Å²) in [6, 6.07) is 14.3. The third kappa shape index (κ3) is 5.69. The third-order valence-corrected chi connectivity index (χ3v) is 8.64. The Morgan fingerprint density at radius 2 is 1.67 bits per heavy atom. The van der Waals surface area contributed by atoms with E-state index in [0.29, 0.717) is 44.0 Å². The molecule has 2 fully saturated rings. The average molecular weight is 492 g/mol. The van der Waals surface area contributed by atoms with Crippen LogP contribution in [0.5, 0.6) is 5.75 Å². The summed E-state index contributed by atoms with van der Waals surface area (Å²) in [5.41, 5.74) is 1.20. The molecule has 2 aliphatic rings. The van der Waals surface area contributed by atoms with Crippen LogP contribution in [0.3, 0.4) is 0 Å². The van der Waals surface area contributed by atoms with Crippen molar-refractivity contribution in [3.05, 3.63) is 59.1 Å². The lowest BCUT2D eigenvalue weighted by Gasteiger charge is -2.38. The number of hydrogen-bond donors (Lipinski definition) is 0. The van der Waals surface area contributed by atoms with Crippen molar-refractivity contribution in [1.82, 2.24) is 14.1 Å². The standard InChI is InChI=1S/C24H30ClN3O4S/c1-32-22-4-2-3-19(17-22)18-26-13-15-27(16-14-26)24(29)20-9-11-28(12-10-20)33(30,31)23-7-5-21(25)6-8-23/h2-8,17,20H,9-16,18H2,1H3. The second-order valence-corrected chi connectivity index (χ2v) is 11.0. The fourth-order valence-corrected chi connectivity index (χ4v) is 6.11. The highest BCUT2D eigenvalue weighted by atomic mass is 35.5. The summed E-state index contributed by atoms with van der Waals surface area (Å²) in [6.07, 6.45) is 1.10. The van der Waals surface area contributed by atoms with E-state index in [-0.39, 0.29) is 16.7 Å². The van der Waals surface area contributed by atoms with Crippen LogP contribution in [-0.4, -0.2) is 74.8 Å². The minimum Gasteiger partial charge on any atom is -0.497 e. The maximum atomic E-state index is 13.1. The summed E-state index contributed by atoms with van der Waals surface area (Å²) >= 11 is 5.88. The van der Waals surface area contributed by atoms with Crippen LogP contribution in [0.4, 0.5) is 0 Å². The summed E-state index contributed by atoms with van der Waals surface area (Å²) in [5.74, 6) is 0.886. The molecule has 4 rings (SSSR count). The van der Waals surface area contributed by atoms with Gasteiger partial charge in [-0.2, -0.15) is 4.31 Å². The van der Waals surface area contributed by atoms with Crippen LogP contribution >= 0.6 is 11.6 Å². The van der Waals surface area contributed by atoms with Crippen molar-refractivity contribution in [3.8, 4) is 5.75 Å². The highest BCUT2D eigenvalue weighted by Gasteiger charge is 2.34. The second-order valence-electron chi connectivity index (χ2n) is 8.59. The first-order valence-corrected chi connectivity index (χ1v) is 13.1. The number of piperidine rings is 1. The third-order valence-electron chi connectivity index (χ3n) is 6.48. The second kappa shape index (κ2) is 10.4. The highest BCUT2D eigenvalue weighted by Crippen LogP contribution is 2.26. The number of amides is 1. The van der Waals surface area contributed by atoms with Gasteiger partial charge >= 0.3 is 0 Å². The SMILES string of the molecule is COc1cccc(CN2CCN(C(=O)C3CCN(S(=O)(=O)c4ccc(Cl)cc4)CC3)CC2)c1. The van der Waals surface area contributed by atoms with Crippen LogP contribution in [0.25, 0.3) is 0 Å². The topological polar surface area (TPSA) is 70.2 Å². The molecule has 0 aliphatic carbocycles. The fourth-order valence-electron chi connectivity index (χ4n) is 4.51. The predicted octanol–water partition coefficient (Wildman–Crippen LogP) is 3.09. The molecule has 178 valence electrons. The van der Waals surface area contributed by atoms with Gasteiger partial charge in [-0.3, -0.25) is 9.69 Å². The zero-order valence-corrected chi connectivity index (χ0v) is 20.4. The lowest BCUT2D eigenvalue weighted by atomic mass is 9.96. The molecule has 2 aliphatic heterocycles. The van der Waals surface area contributed by atoms with Crippen molar-refractivity contribution < 1.29 is 17.9 Å². The highest BCUT2D eigenvalue weighted by molar-refractivity contribution is 7.89. The van der Waals surface area contributed by atoms with E-state index in [0.717, 1.165) is 25.4 Å². The Morgan fingerprint density at radius 3 is 2.30 bits per heavy atom. The number of ether oxygens (including phenoxy) is 1. The van der Waals surface area contributed by atoms with Gasteiger partial charge in [-0.15, -0.1) is 0 Å². The predicted molar refractivity (Wildman–Crippen MR) is 128 cm³/mol. The van der Waals surface area contributed by atoms with Gasteiger partial charge in [0, 0.05) is 56.8 Å². The van der Waals surface area contributed by atoms with Gasteiger partial charge in [0.1, 0.15) is 5.75 Å². The van der Waals surface area contributed by atoms with E-state index in [1.807, 2.05) is 23.1 Å². The van der Waals surface area contributed by atoms with E-state index >= 15 is 0 Å². The monoisotopic (exact) mass is 491 g/mol. The smallest absolute Gasteiger partial charge is 0.243 e. The van der Waals surface area contributed by atoms with Crippen molar-refractivity contribution in [1.29, 1.82) is 0 Å². The summed E-state index contributed by atoms with van der Waals surface area (Å²) in [7, 11) is -1.89. The van der Waals surface area contributed by atoms with E-state index in [9.17, 15) is 13.2 Å². The first kappa shape index (κ1) is 24.0. The normalized spacial score (nSPS) is 18.9. The Kier molecular flexibility index (Phi) is 7.58. The van der Waals surface area contributed by atoms with Gasteiger partial charge in [0.2, 0.25) is 15.9 Å².